The van der Waals surface area contributed by atoms with E-state index < -0.39 is 0 Å². The number of ether oxygens (including phenoxy) is 2. The first-order chi connectivity index (χ1) is 8.37. The molecule has 100 valence electrons. The fourth-order valence-electron chi connectivity index (χ4n) is 1.46. The summed E-state index contributed by atoms with van der Waals surface area (Å²) >= 11 is 0. The zero-order valence-electron chi connectivity index (χ0n) is 11.7. The highest BCUT2D eigenvalue weighted by atomic mass is 16.5. The van der Waals surface area contributed by atoms with Crippen LogP contribution in [0.25, 0.3) is 0 Å². The third kappa shape index (κ3) is 4.04. The van der Waals surface area contributed by atoms with E-state index in [1.165, 1.54) is 0 Å². The van der Waals surface area contributed by atoms with Gasteiger partial charge in [-0.3, -0.25) is 4.79 Å². The molecule has 0 aromatic heterocycles. The first kappa shape index (κ1) is 14.5. The smallest absolute Gasteiger partial charge is 0.176 e. The Morgan fingerprint density at radius 3 is 2.28 bits per heavy atom. The number of nitrogens with one attached hydrogen (secondary N) is 1. The Hall–Kier alpha value is -1.55. The van der Waals surface area contributed by atoms with E-state index in [1.807, 2.05) is 20.8 Å². The van der Waals surface area contributed by atoms with Gasteiger partial charge in [0.05, 0.1) is 20.8 Å². The van der Waals surface area contributed by atoms with Crippen LogP contribution in [-0.2, 0) is 0 Å². The molecule has 0 fully saturated rings. The maximum absolute atomic E-state index is 12.0. The van der Waals surface area contributed by atoms with Crippen molar-refractivity contribution in [2.45, 2.75) is 26.3 Å². The van der Waals surface area contributed by atoms with Crippen molar-refractivity contribution in [1.29, 1.82) is 0 Å². The van der Waals surface area contributed by atoms with Gasteiger partial charge in [0.15, 0.2) is 17.3 Å². The van der Waals surface area contributed by atoms with Crippen molar-refractivity contribution in [2.75, 3.05) is 20.8 Å². The molecule has 0 radical (unpaired) electrons. The molecule has 18 heavy (non-hydrogen) atoms. The summed E-state index contributed by atoms with van der Waals surface area (Å²) in [4.78, 5) is 12.0. The van der Waals surface area contributed by atoms with E-state index in [-0.39, 0.29) is 11.3 Å². The van der Waals surface area contributed by atoms with E-state index >= 15 is 0 Å². The van der Waals surface area contributed by atoms with Gasteiger partial charge in [-0.05, 0) is 39.0 Å². The maximum Gasteiger partial charge on any atom is 0.176 e. The number of ketones is 1. The van der Waals surface area contributed by atoms with Crippen LogP contribution in [0, 0.1) is 0 Å². The normalized spacial score (nSPS) is 11.2. The maximum atomic E-state index is 12.0. The molecule has 1 aromatic carbocycles. The molecule has 4 heteroatoms. The number of carbonyl (C=O) groups excluding carboxylic acids is 1. The average molecular weight is 251 g/mol. The zero-order chi connectivity index (χ0) is 13.8. The van der Waals surface area contributed by atoms with Crippen molar-refractivity contribution in [3.05, 3.63) is 23.8 Å². The van der Waals surface area contributed by atoms with Crippen molar-refractivity contribution in [3.8, 4) is 11.5 Å². The lowest BCUT2D eigenvalue weighted by Crippen LogP contribution is -2.39. The molecule has 4 nitrogen and oxygen atoms in total. The molecule has 0 aliphatic rings. The van der Waals surface area contributed by atoms with Crippen LogP contribution in [0.2, 0.25) is 0 Å². The van der Waals surface area contributed by atoms with Crippen molar-refractivity contribution < 1.29 is 14.3 Å². The standard InChI is InChI=1S/C14H21NO3/c1-14(2,3)15-9-11(16)10-6-7-12(17-4)13(8-10)18-5/h6-8,15H,9H2,1-5H3. The van der Waals surface area contributed by atoms with Gasteiger partial charge >= 0.3 is 0 Å². The number of carbonyl (C=O) groups is 1. The predicted molar refractivity (Wildman–Crippen MR) is 71.6 cm³/mol. The second-order valence-corrected chi connectivity index (χ2v) is 5.10. The van der Waals surface area contributed by atoms with Gasteiger partial charge in [-0.15, -0.1) is 0 Å². The Kier molecular flexibility index (Phi) is 4.73. The van der Waals surface area contributed by atoms with Crippen LogP contribution in [0.1, 0.15) is 31.1 Å². The molecule has 1 N–H and O–H groups in total. The summed E-state index contributed by atoms with van der Waals surface area (Å²) in [6.07, 6.45) is 0. The highest BCUT2D eigenvalue weighted by Crippen LogP contribution is 2.27. The Balaban J connectivity index is 2.80. The van der Waals surface area contributed by atoms with E-state index in [1.54, 1.807) is 32.4 Å². The molecular formula is C14H21NO3. The van der Waals surface area contributed by atoms with Crippen LogP contribution >= 0.6 is 0 Å². The molecular weight excluding hydrogens is 230 g/mol. The highest BCUT2D eigenvalue weighted by Gasteiger charge is 2.14. The average Bonchev–Trinajstić information content (AvgIpc) is 2.34. The zero-order valence-corrected chi connectivity index (χ0v) is 11.7. The van der Waals surface area contributed by atoms with Crippen molar-refractivity contribution >= 4 is 5.78 Å². The van der Waals surface area contributed by atoms with Gasteiger partial charge in [0.1, 0.15) is 0 Å². The molecule has 0 saturated heterocycles. The van der Waals surface area contributed by atoms with Gasteiger partial charge in [-0.25, -0.2) is 0 Å². The van der Waals surface area contributed by atoms with Crippen molar-refractivity contribution in [1.82, 2.24) is 5.32 Å². The minimum atomic E-state index is -0.0772. The molecule has 1 aromatic rings. The van der Waals surface area contributed by atoms with E-state index in [9.17, 15) is 4.79 Å². The lowest BCUT2D eigenvalue weighted by molar-refractivity contribution is 0.0981. The summed E-state index contributed by atoms with van der Waals surface area (Å²) in [6.45, 7) is 6.37. The Morgan fingerprint density at radius 2 is 1.78 bits per heavy atom. The van der Waals surface area contributed by atoms with Gasteiger partial charge in [-0.2, -0.15) is 0 Å². The highest BCUT2D eigenvalue weighted by molar-refractivity contribution is 5.98. The molecule has 0 saturated carbocycles. The first-order valence-electron chi connectivity index (χ1n) is 5.87. The second kappa shape index (κ2) is 5.87. The van der Waals surface area contributed by atoms with E-state index in [4.69, 9.17) is 9.47 Å². The quantitative estimate of drug-likeness (QED) is 0.816. The van der Waals surface area contributed by atoms with Crippen LogP contribution in [0.3, 0.4) is 0 Å². The van der Waals surface area contributed by atoms with Crippen LogP contribution < -0.4 is 14.8 Å². The minimum Gasteiger partial charge on any atom is -0.493 e. The summed E-state index contributed by atoms with van der Waals surface area (Å²) < 4.78 is 10.3. The largest absolute Gasteiger partial charge is 0.493 e. The van der Waals surface area contributed by atoms with E-state index in [2.05, 4.69) is 5.32 Å². The van der Waals surface area contributed by atoms with Crippen molar-refractivity contribution in [3.63, 3.8) is 0 Å². The fourth-order valence-corrected chi connectivity index (χ4v) is 1.46. The van der Waals surface area contributed by atoms with Crippen molar-refractivity contribution in [2.24, 2.45) is 0 Å². The Labute approximate surface area is 108 Å². The lowest BCUT2D eigenvalue weighted by atomic mass is 10.1. The molecule has 0 spiro atoms. The van der Waals surface area contributed by atoms with Crippen LogP contribution in [0.4, 0.5) is 0 Å². The van der Waals surface area contributed by atoms with Crippen LogP contribution in [0.5, 0.6) is 11.5 Å². The number of Topliss-reactive ketones (excluding diaryl/α,β-unsaturated/α-hetero) is 1. The van der Waals surface area contributed by atoms with E-state index in [0.29, 0.717) is 23.6 Å². The monoisotopic (exact) mass is 251 g/mol. The van der Waals surface area contributed by atoms with Crippen LogP contribution in [0.15, 0.2) is 18.2 Å². The third-order valence-electron chi connectivity index (χ3n) is 2.48. The molecule has 0 amide bonds. The van der Waals surface area contributed by atoms with Gasteiger partial charge in [-0.1, -0.05) is 0 Å². The summed E-state index contributed by atoms with van der Waals surface area (Å²) in [5, 5.41) is 3.16. The van der Waals surface area contributed by atoms with Crippen LogP contribution in [-0.4, -0.2) is 32.1 Å². The topological polar surface area (TPSA) is 47.6 Å². The number of benzene rings is 1. The molecule has 0 aliphatic carbocycles. The molecule has 0 heterocycles. The van der Waals surface area contributed by atoms with E-state index in [0.717, 1.165) is 0 Å². The Bertz CT molecular complexity index is 422. The predicted octanol–water partition coefficient (Wildman–Crippen LogP) is 2.27. The molecule has 0 atom stereocenters. The number of hydrogen-bond donors (Lipinski definition) is 1. The fraction of sp³-hybridized carbons (Fsp3) is 0.500. The number of rotatable bonds is 5. The van der Waals surface area contributed by atoms with Gasteiger partial charge in [0, 0.05) is 11.1 Å². The molecule has 0 aliphatic heterocycles. The van der Waals surface area contributed by atoms with Gasteiger partial charge < -0.3 is 14.8 Å². The SMILES string of the molecule is COc1ccc(C(=O)CNC(C)(C)C)cc1OC. The van der Waals surface area contributed by atoms with Gasteiger partial charge in [0.2, 0.25) is 0 Å². The van der Waals surface area contributed by atoms with Gasteiger partial charge in [0.25, 0.3) is 0 Å². The molecule has 0 bridgehead atoms. The number of hydrogen-bond acceptors (Lipinski definition) is 4. The second-order valence-electron chi connectivity index (χ2n) is 5.10. The molecule has 1 rings (SSSR count). The summed E-state index contributed by atoms with van der Waals surface area (Å²) in [7, 11) is 3.13. The number of methoxy groups -OCH3 is 2. The summed E-state index contributed by atoms with van der Waals surface area (Å²) in [5.74, 6) is 1.22. The summed E-state index contributed by atoms with van der Waals surface area (Å²) in [6, 6.07) is 5.18. The molecule has 0 unspecified atom stereocenters. The summed E-state index contributed by atoms with van der Waals surface area (Å²) in [5.41, 5.74) is 0.538. The lowest BCUT2D eigenvalue weighted by Gasteiger charge is -2.20. The first-order valence-corrected chi connectivity index (χ1v) is 5.87. The Morgan fingerprint density at radius 1 is 1.17 bits per heavy atom. The third-order valence-corrected chi connectivity index (χ3v) is 2.48. The minimum absolute atomic E-state index is 0.0332.